The van der Waals surface area contributed by atoms with Gasteiger partial charge in [0.2, 0.25) is 5.91 Å². The van der Waals surface area contributed by atoms with E-state index in [1.807, 2.05) is 37.3 Å². The normalized spacial score (nSPS) is 14.6. The highest BCUT2D eigenvalue weighted by molar-refractivity contribution is 5.83. The lowest BCUT2D eigenvalue weighted by atomic mass is 9.96. The Bertz CT molecular complexity index is 635. The summed E-state index contributed by atoms with van der Waals surface area (Å²) in [6.45, 7) is 3.66. The molecule has 5 nitrogen and oxygen atoms in total. The van der Waals surface area contributed by atoms with Crippen LogP contribution >= 0.6 is 0 Å². The molecule has 1 aliphatic heterocycles. The van der Waals surface area contributed by atoms with Crippen molar-refractivity contribution in [2.24, 2.45) is 0 Å². The van der Waals surface area contributed by atoms with Gasteiger partial charge >= 0.3 is 0 Å². The predicted molar refractivity (Wildman–Crippen MR) is 84.5 cm³/mol. The second-order valence-corrected chi connectivity index (χ2v) is 5.70. The Balaban J connectivity index is 1.55. The van der Waals surface area contributed by atoms with E-state index in [2.05, 4.69) is 20.1 Å². The Labute approximate surface area is 130 Å². The van der Waals surface area contributed by atoms with Gasteiger partial charge in [0.25, 0.3) is 0 Å². The molecule has 0 fully saturated rings. The summed E-state index contributed by atoms with van der Waals surface area (Å²) < 4.78 is 2.18. The Morgan fingerprint density at radius 2 is 2.14 bits per heavy atom. The van der Waals surface area contributed by atoms with Crippen LogP contribution in [-0.4, -0.2) is 27.2 Å². The molecule has 0 unspecified atom stereocenters. The molecule has 0 saturated carbocycles. The monoisotopic (exact) mass is 298 g/mol. The predicted octanol–water partition coefficient (Wildman–Crippen LogP) is 2.08. The molecule has 1 aliphatic rings. The van der Waals surface area contributed by atoms with Gasteiger partial charge in [-0.2, -0.15) is 0 Å². The van der Waals surface area contributed by atoms with E-state index in [9.17, 15) is 4.79 Å². The van der Waals surface area contributed by atoms with Gasteiger partial charge in [-0.1, -0.05) is 37.3 Å². The lowest BCUT2D eigenvalue weighted by Crippen LogP contribution is -2.31. The minimum atomic E-state index is -0.0784. The van der Waals surface area contributed by atoms with Crippen molar-refractivity contribution in [1.29, 1.82) is 0 Å². The first kappa shape index (κ1) is 14.8. The zero-order chi connectivity index (χ0) is 15.4. The molecule has 0 spiro atoms. The van der Waals surface area contributed by atoms with Crippen LogP contribution in [0, 0.1) is 0 Å². The number of nitrogens with one attached hydrogen (secondary N) is 1. The van der Waals surface area contributed by atoms with E-state index in [0.29, 0.717) is 6.54 Å². The molecular formula is C17H22N4O. The smallest absolute Gasteiger partial charge is 0.227 e. The number of rotatable bonds is 6. The van der Waals surface area contributed by atoms with Crippen molar-refractivity contribution in [2.45, 2.75) is 45.1 Å². The van der Waals surface area contributed by atoms with Crippen LogP contribution in [0.4, 0.5) is 0 Å². The van der Waals surface area contributed by atoms with E-state index in [-0.39, 0.29) is 11.8 Å². The number of nitrogens with zero attached hydrogens (tertiary/aromatic N) is 3. The van der Waals surface area contributed by atoms with Crippen molar-refractivity contribution in [3.63, 3.8) is 0 Å². The Hall–Kier alpha value is -2.17. The first-order chi connectivity index (χ1) is 10.8. The third-order valence-electron chi connectivity index (χ3n) is 4.26. The van der Waals surface area contributed by atoms with Gasteiger partial charge in [0.1, 0.15) is 11.6 Å². The lowest BCUT2D eigenvalue weighted by Gasteiger charge is -2.15. The molecule has 1 N–H and O–H groups in total. The molecule has 0 aliphatic carbocycles. The topological polar surface area (TPSA) is 59.8 Å². The summed E-state index contributed by atoms with van der Waals surface area (Å²) in [6.07, 6.45) is 3.71. The molecule has 0 radical (unpaired) electrons. The molecule has 0 bridgehead atoms. The Kier molecular flexibility index (Phi) is 4.51. The quantitative estimate of drug-likeness (QED) is 0.888. The molecular weight excluding hydrogens is 276 g/mol. The van der Waals surface area contributed by atoms with Crippen LogP contribution in [0.15, 0.2) is 30.3 Å². The number of aryl methyl sites for hydroxylation is 1. The number of benzene rings is 1. The molecule has 3 rings (SSSR count). The SMILES string of the molecule is CC[C@H](C(=O)NCCc1nnc2n1CCC2)c1ccccc1. The number of carbonyl (C=O) groups excluding carboxylic acids is 1. The molecule has 22 heavy (non-hydrogen) atoms. The largest absolute Gasteiger partial charge is 0.355 e. The molecule has 2 aromatic rings. The summed E-state index contributed by atoms with van der Waals surface area (Å²) in [5, 5.41) is 11.5. The van der Waals surface area contributed by atoms with E-state index < -0.39 is 0 Å². The second kappa shape index (κ2) is 6.73. The summed E-state index contributed by atoms with van der Waals surface area (Å²) >= 11 is 0. The van der Waals surface area contributed by atoms with Gasteiger partial charge in [0.05, 0.1) is 5.92 Å². The maximum absolute atomic E-state index is 12.4. The van der Waals surface area contributed by atoms with Gasteiger partial charge in [0.15, 0.2) is 0 Å². The van der Waals surface area contributed by atoms with Crippen molar-refractivity contribution in [1.82, 2.24) is 20.1 Å². The number of hydrogen-bond acceptors (Lipinski definition) is 3. The first-order valence-corrected chi connectivity index (χ1v) is 8.03. The van der Waals surface area contributed by atoms with Crippen molar-refractivity contribution in [2.75, 3.05) is 6.54 Å². The zero-order valence-electron chi connectivity index (χ0n) is 13.0. The lowest BCUT2D eigenvalue weighted by molar-refractivity contribution is -0.122. The minimum absolute atomic E-state index is 0.0784. The maximum Gasteiger partial charge on any atom is 0.227 e. The van der Waals surface area contributed by atoms with E-state index >= 15 is 0 Å². The summed E-state index contributed by atoms with van der Waals surface area (Å²) in [5.41, 5.74) is 1.07. The van der Waals surface area contributed by atoms with Crippen LogP contribution in [-0.2, 0) is 24.2 Å². The van der Waals surface area contributed by atoms with Crippen molar-refractivity contribution in [3.8, 4) is 0 Å². The molecule has 116 valence electrons. The van der Waals surface area contributed by atoms with Gasteiger partial charge in [-0.25, -0.2) is 0 Å². The van der Waals surface area contributed by atoms with Crippen LogP contribution < -0.4 is 5.32 Å². The average Bonchev–Trinajstić information content (AvgIpc) is 3.14. The second-order valence-electron chi connectivity index (χ2n) is 5.70. The van der Waals surface area contributed by atoms with Crippen molar-refractivity contribution < 1.29 is 4.79 Å². The van der Waals surface area contributed by atoms with E-state index in [1.54, 1.807) is 0 Å². The molecule has 1 aromatic heterocycles. The highest BCUT2D eigenvalue weighted by Gasteiger charge is 2.19. The van der Waals surface area contributed by atoms with Crippen molar-refractivity contribution >= 4 is 5.91 Å². The number of aromatic nitrogens is 3. The number of amides is 1. The third-order valence-corrected chi connectivity index (χ3v) is 4.26. The third kappa shape index (κ3) is 3.03. The van der Waals surface area contributed by atoms with Crippen LogP contribution in [0.1, 0.15) is 42.9 Å². The highest BCUT2D eigenvalue weighted by atomic mass is 16.1. The van der Waals surface area contributed by atoms with Crippen molar-refractivity contribution in [3.05, 3.63) is 47.5 Å². The highest BCUT2D eigenvalue weighted by Crippen LogP contribution is 2.19. The van der Waals surface area contributed by atoms with E-state index in [0.717, 1.165) is 49.4 Å². The zero-order valence-corrected chi connectivity index (χ0v) is 13.0. The summed E-state index contributed by atoms with van der Waals surface area (Å²) in [7, 11) is 0. The number of fused-ring (bicyclic) bond motifs is 1. The summed E-state index contributed by atoms with van der Waals surface area (Å²) in [6, 6.07) is 9.95. The molecule has 1 amide bonds. The van der Waals surface area contributed by atoms with Gasteiger partial charge in [-0.3, -0.25) is 4.79 Å². The fourth-order valence-electron chi connectivity index (χ4n) is 3.07. The van der Waals surface area contributed by atoms with Crippen LogP contribution in [0.5, 0.6) is 0 Å². The summed E-state index contributed by atoms with van der Waals surface area (Å²) in [4.78, 5) is 12.4. The minimum Gasteiger partial charge on any atom is -0.355 e. The van der Waals surface area contributed by atoms with E-state index in [4.69, 9.17) is 0 Å². The molecule has 5 heteroatoms. The van der Waals surface area contributed by atoms with Crippen LogP contribution in [0.2, 0.25) is 0 Å². The molecule has 0 saturated heterocycles. The van der Waals surface area contributed by atoms with Crippen LogP contribution in [0.3, 0.4) is 0 Å². The van der Waals surface area contributed by atoms with Gasteiger partial charge in [-0.15, -0.1) is 10.2 Å². The molecule has 2 heterocycles. The van der Waals surface area contributed by atoms with E-state index in [1.165, 1.54) is 0 Å². The first-order valence-electron chi connectivity index (χ1n) is 8.03. The fourth-order valence-corrected chi connectivity index (χ4v) is 3.07. The molecule has 1 atom stereocenters. The molecule has 1 aromatic carbocycles. The van der Waals surface area contributed by atoms with Gasteiger partial charge < -0.3 is 9.88 Å². The average molecular weight is 298 g/mol. The Morgan fingerprint density at radius 3 is 2.91 bits per heavy atom. The summed E-state index contributed by atoms with van der Waals surface area (Å²) in [5.74, 6) is 2.08. The van der Waals surface area contributed by atoms with Crippen LogP contribution in [0.25, 0.3) is 0 Å². The van der Waals surface area contributed by atoms with Gasteiger partial charge in [0, 0.05) is 25.9 Å². The van der Waals surface area contributed by atoms with Gasteiger partial charge in [-0.05, 0) is 18.4 Å². The number of hydrogen-bond donors (Lipinski definition) is 1. The maximum atomic E-state index is 12.4. The Morgan fingerprint density at radius 1 is 1.32 bits per heavy atom. The number of carbonyl (C=O) groups is 1. The standard InChI is InChI=1S/C17H22N4O/c1-2-14(13-7-4-3-5-8-13)17(22)18-11-10-16-20-19-15-9-6-12-21(15)16/h3-5,7-8,14H,2,6,9-12H2,1H3,(H,18,22)/t14-/m0/s1. The fraction of sp³-hybridized carbons (Fsp3) is 0.471.